The van der Waals surface area contributed by atoms with Gasteiger partial charge in [0.2, 0.25) is 0 Å². The third kappa shape index (κ3) is 2.10. The largest absolute Gasteiger partial charge is 0.492 e. The Morgan fingerprint density at radius 1 is 1.64 bits per heavy atom. The minimum absolute atomic E-state index is 0.708. The second-order valence-electron chi connectivity index (χ2n) is 3.73. The SMILES string of the molecule is CNCCC1CCCOc2ccsc21. The van der Waals surface area contributed by atoms with Crippen molar-refractivity contribution in [3.63, 3.8) is 0 Å². The summed E-state index contributed by atoms with van der Waals surface area (Å²) in [4.78, 5) is 1.46. The van der Waals surface area contributed by atoms with E-state index in [2.05, 4.69) is 16.8 Å². The number of thiophene rings is 1. The van der Waals surface area contributed by atoms with Gasteiger partial charge in [-0.2, -0.15) is 0 Å². The van der Waals surface area contributed by atoms with E-state index in [0.29, 0.717) is 5.92 Å². The van der Waals surface area contributed by atoms with Gasteiger partial charge in [-0.15, -0.1) is 11.3 Å². The van der Waals surface area contributed by atoms with Crippen LogP contribution in [0.5, 0.6) is 5.75 Å². The lowest BCUT2D eigenvalue weighted by Gasteiger charge is -2.12. The van der Waals surface area contributed by atoms with E-state index < -0.39 is 0 Å². The second kappa shape index (κ2) is 4.80. The van der Waals surface area contributed by atoms with Gasteiger partial charge in [-0.25, -0.2) is 0 Å². The van der Waals surface area contributed by atoms with E-state index >= 15 is 0 Å². The van der Waals surface area contributed by atoms with Crippen molar-refractivity contribution < 1.29 is 4.74 Å². The van der Waals surface area contributed by atoms with Gasteiger partial charge in [-0.1, -0.05) is 0 Å². The Morgan fingerprint density at radius 2 is 2.57 bits per heavy atom. The summed E-state index contributed by atoms with van der Waals surface area (Å²) in [5, 5.41) is 5.36. The Hall–Kier alpha value is -0.540. The summed E-state index contributed by atoms with van der Waals surface area (Å²) in [5.74, 6) is 1.84. The van der Waals surface area contributed by atoms with Crippen molar-refractivity contribution in [2.45, 2.75) is 25.2 Å². The van der Waals surface area contributed by atoms with Crippen LogP contribution in [0.15, 0.2) is 11.4 Å². The van der Waals surface area contributed by atoms with Crippen LogP contribution in [0.2, 0.25) is 0 Å². The molecule has 1 unspecified atom stereocenters. The van der Waals surface area contributed by atoms with Gasteiger partial charge in [-0.05, 0) is 50.2 Å². The number of fused-ring (bicyclic) bond motifs is 1. The molecule has 1 aromatic rings. The predicted octanol–water partition coefficient (Wildman–Crippen LogP) is 2.61. The van der Waals surface area contributed by atoms with E-state index in [-0.39, 0.29) is 0 Å². The van der Waals surface area contributed by atoms with Crippen LogP contribution < -0.4 is 10.1 Å². The molecule has 1 aliphatic heterocycles. The first-order valence-corrected chi connectivity index (χ1v) is 6.14. The van der Waals surface area contributed by atoms with Gasteiger partial charge in [0.1, 0.15) is 5.75 Å². The Bertz CT molecular complexity index is 285. The van der Waals surface area contributed by atoms with E-state index in [1.807, 2.05) is 18.4 Å². The van der Waals surface area contributed by atoms with Gasteiger partial charge in [0.15, 0.2) is 0 Å². The monoisotopic (exact) mass is 211 g/mol. The molecule has 2 rings (SSSR count). The van der Waals surface area contributed by atoms with E-state index in [1.54, 1.807) is 0 Å². The minimum Gasteiger partial charge on any atom is -0.492 e. The van der Waals surface area contributed by atoms with Crippen LogP contribution in [0.4, 0.5) is 0 Å². The highest BCUT2D eigenvalue weighted by atomic mass is 32.1. The fourth-order valence-electron chi connectivity index (χ4n) is 1.96. The van der Waals surface area contributed by atoms with Crippen LogP contribution in [0.1, 0.15) is 30.1 Å². The summed E-state index contributed by atoms with van der Waals surface area (Å²) in [5.41, 5.74) is 0. The van der Waals surface area contributed by atoms with E-state index in [1.165, 1.54) is 24.1 Å². The first kappa shape index (κ1) is 9.99. The maximum absolute atomic E-state index is 5.69. The zero-order chi connectivity index (χ0) is 9.80. The van der Waals surface area contributed by atoms with Gasteiger partial charge in [0, 0.05) is 4.88 Å². The first-order valence-electron chi connectivity index (χ1n) is 5.26. The molecule has 78 valence electrons. The maximum Gasteiger partial charge on any atom is 0.133 e. The lowest BCUT2D eigenvalue weighted by Crippen LogP contribution is -2.11. The van der Waals surface area contributed by atoms with Crippen molar-refractivity contribution in [1.82, 2.24) is 5.32 Å². The Balaban J connectivity index is 2.09. The molecular weight excluding hydrogens is 194 g/mol. The molecule has 0 aromatic carbocycles. The molecule has 0 bridgehead atoms. The molecule has 3 heteroatoms. The average molecular weight is 211 g/mol. The molecule has 2 heterocycles. The lowest BCUT2D eigenvalue weighted by atomic mass is 9.98. The summed E-state index contributed by atoms with van der Waals surface area (Å²) < 4.78 is 5.69. The number of hydrogen-bond donors (Lipinski definition) is 1. The van der Waals surface area contributed by atoms with Crippen LogP contribution in [0, 0.1) is 0 Å². The molecule has 0 spiro atoms. The summed E-state index contributed by atoms with van der Waals surface area (Å²) in [6.07, 6.45) is 3.69. The minimum atomic E-state index is 0.708. The van der Waals surface area contributed by atoms with Gasteiger partial charge in [-0.3, -0.25) is 0 Å². The standard InChI is InChI=1S/C11H17NOS/c1-12-6-4-9-3-2-7-13-10-5-8-14-11(9)10/h5,8-9,12H,2-4,6-7H2,1H3. The molecule has 0 saturated heterocycles. The Kier molecular flexibility index (Phi) is 3.43. The zero-order valence-electron chi connectivity index (χ0n) is 8.58. The highest BCUT2D eigenvalue weighted by Crippen LogP contribution is 2.38. The van der Waals surface area contributed by atoms with Crippen LogP contribution in [0.25, 0.3) is 0 Å². The molecule has 0 saturated carbocycles. The van der Waals surface area contributed by atoms with E-state index in [9.17, 15) is 0 Å². The quantitative estimate of drug-likeness (QED) is 0.830. The summed E-state index contributed by atoms with van der Waals surface area (Å²) in [7, 11) is 2.02. The average Bonchev–Trinajstić information content (AvgIpc) is 2.58. The molecule has 1 N–H and O–H groups in total. The van der Waals surface area contributed by atoms with Gasteiger partial charge in [0.05, 0.1) is 6.61 Å². The molecule has 1 aromatic heterocycles. The molecule has 0 amide bonds. The molecule has 0 radical (unpaired) electrons. The third-order valence-corrected chi connectivity index (χ3v) is 3.79. The molecule has 2 nitrogen and oxygen atoms in total. The zero-order valence-corrected chi connectivity index (χ0v) is 9.40. The molecule has 14 heavy (non-hydrogen) atoms. The van der Waals surface area contributed by atoms with E-state index in [0.717, 1.165) is 18.9 Å². The Morgan fingerprint density at radius 3 is 3.43 bits per heavy atom. The fourth-order valence-corrected chi connectivity index (χ4v) is 2.97. The molecule has 1 atom stereocenters. The van der Waals surface area contributed by atoms with Crippen LogP contribution in [0.3, 0.4) is 0 Å². The highest BCUT2D eigenvalue weighted by Gasteiger charge is 2.20. The van der Waals surface area contributed by atoms with Gasteiger partial charge < -0.3 is 10.1 Å². The normalized spacial score (nSPS) is 21.1. The van der Waals surface area contributed by atoms with Crippen molar-refractivity contribution in [3.8, 4) is 5.75 Å². The summed E-state index contributed by atoms with van der Waals surface area (Å²) in [6, 6.07) is 2.11. The molecule has 0 aliphatic carbocycles. The number of nitrogens with one attached hydrogen (secondary N) is 1. The van der Waals surface area contributed by atoms with Crippen molar-refractivity contribution >= 4 is 11.3 Å². The molecular formula is C11H17NOS. The second-order valence-corrected chi connectivity index (χ2v) is 4.68. The number of hydrogen-bond acceptors (Lipinski definition) is 3. The van der Waals surface area contributed by atoms with E-state index in [4.69, 9.17) is 4.74 Å². The number of rotatable bonds is 3. The lowest BCUT2D eigenvalue weighted by molar-refractivity contribution is 0.316. The third-order valence-electron chi connectivity index (χ3n) is 2.73. The van der Waals surface area contributed by atoms with Gasteiger partial charge >= 0.3 is 0 Å². The van der Waals surface area contributed by atoms with Crippen LogP contribution in [-0.4, -0.2) is 20.2 Å². The highest BCUT2D eigenvalue weighted by molar-refractivity contribution is 7.10. The molecule has 1 aliphatic rings. The van der Waals surface area contributed by atoms with Crippen molar-refractivity contribution in [1.29, 1.82) is 0 Å². The van der Waals surface area contributed by atoms with Crippen LogP contribution in [-0.2, 0) is 0 Å². The molecule has 0 fully saturated rings. The Labute approximate surface area is 89.3 Å². The maximum atomic E-state index is 5.69. The van der Waals surface area contributed by atoms with Gasteiger partial charge in [0.25, 0.3) is 0 Å². The number of ether oxygens (including phenoxy) is 1. The fraction of sp³-hybridized carbons (Fsp3) is 0.636. The van der Waals surface area contributed by atoms with Crippen LogP contribution >= 0.6 is 11.3 Å². The summed E-state index contributed by atoms with van der Waals surface area (Å²) >= 11 is 1.84. The van der Waals surface area contributed by atoms with Crippen molar-refractivity contribution in [2.75, 3.05) is 20.2 Å². The topological polar surface area (TPSA) is 21.3 Å². The first-order chi connectivity index (χ1) is 6.92. The van der Waals surface area contributed by atoms with Crippen molar-refractivity contribution in [2.24, 2.45) is 0 Å². The van der Waals surface area contributed by atoms with Crippen molar-refractivity contribution in [3.05, 3.63) is 16.3 Å². The smallest absolute Gasteiger partial charge is 0.133 e. The summed E-state index contributed by atoms with van der Waals surface area (Å²) in [6.45, 7) is 1.99. The predicted molar refractivity (Wildman–Crippen MR) is 60.3 cm³/mol.